The number of nitrogens with one attached hydrogen (secondary N) is 1. The maximum atomic E-state index is 12.1. The van der Waals surface area contributed by atoms with Gasteiger partial charge in [0.05, 0.1) is 9.70 Å². The summed E-state index contributed by atoms with van der Waals surface area (Å²) in [6, 6.07) is 2.93. The first-order valence-electron chi connectivity index (χ1n) is 6.09. The first-order valence-corrected chi connectivity index (χ1v) is 7.70. The summed E-state index contributed by atoms with van der Waals surface area (Å²) in [5, 5.41) is 11.7. The number of carbonyl (C=O) groups excluding carboxylic acids is 1. The smallest absolute Gasteiger partial charge is 0.326 e. The Morgan fingerprint density at radius 2 is 2.00 bits per heavy atom. The molecule has 106 valence electrons. The molecule has 0 aliphatic rings. The highest BCUT2D eigenvalue weighted by atomic mass is 79.9. The molecule has 2 N–H and O–H groups in total. The molecule has 0 bridgehead atoms. The monoisotopic (exact) mass is 347 g/mol. The Kier molecular flexibility index (Phi) is 6.00. The van der Waals surface area contributed by atoms with Gasteiger partial charge in [0, 0.05) is 4.88 Å². The molecule has 0 aliphatic heterocycles. The summed E-state index contributed by atoms with van der Waals surface area (Å²) in [5.74, 6) is -1.36. The van der Waals surface area contributed by atoms with Crippen LogP contribution in [0, 0.1) is 5.92 Å². The third-order valence-corrected chi connectivity index (χ3v) is 4.54. The quantitative estimate of drug-likeness (QED) is 0.830. The predicted octanol–water partition coefficient (Wildman–Crippen LogP) is 3.23. The van der Waals surface area contributed by atoms with Crippen molar-refractivity contribution in [2.75, 3.05) is 0 Å². The van der Waals surface area contributed by atoms with Crippen LogP contribution >= 0.6 is 27.3 Å². The van der Waals surface area contributed by atoms with Gasteiger partial charge in [0.25, 0.3) is 0 Å². The van der Waals surface area contributed by atoms with Gasteiger partial charge in [-0.3, -0.25) is 4.79 Å². The highest BCUT2D eigenvalue weighted by molar-refractivity contribution is 9.11. The number of halogens is 1. The van der Waals surface area contributed by atoms with E-state index in [4.69, 9.17) is 5.11 Å². The van der Waals surface area contributed by atoms with Crippen molar-refractivity contribution in [3.05, 3.63) is 20.8 Å². The van der Waals surface area contributed by atoms with Gasteiger partial charge in [0.2, 0.25) is 5.91 Å². The van der Waals surface area contributed by atoms with E-state index in [-0.39, 0.29) is 17.7 Å². The molecule has 0 saturated heterocycles. The summed E-state index contributed by atoms with van der Waals surface area (Å²) in [4.78, 5) is 24.1. The lowest BCUT2D eigenvalue weighted by atomic mass is 10.0. The Morgan fingerprint density at radius 3 is 2.42 bits per heavy atom. The van der Waals surface area contributed by atoms with E-state index in [1.54, 1.807) is 6.92 Å². The minimum Gasteiger partial charge on any atom is -0.480 e. The van der Waals surface area contributed by atoms with Crippen molar-refractivity contribution in [1.29, 1.82) is 0 Å². The Hall–Kier alpha value is -0.880. The number of carboxylic acids is 1. The van der Waals surface area contributed by atoms with Crippen molar-refractivity contribution in [2.24, 2.45) is 5.92 Å². The first kappa shape index (κ1) is 16.2. The van der Waals surface area contributed by atoms with Crippen LogP contribution in [0.1, 0.15) is 38.0 Å². The highest BCUT2D eigenvalue weighted by Gasteiger charge is 2.25. The summed E-state index contributed by atoms with van der Waals surface area (Å²) in [7, 11) is 0. The molecular weight excluding hydrogens is 330 g/mol. The molecule has 0 fully saturated rings. The number of thiophene rings is 1. The number of aliphatic carboxylic acids is 1. The Labute approximate surface area is 125 Å². The van der Waals surface area contributed by atoms with Crippen LogP contribution < -0.4 is 5.32 Å². The molecule has 1 rings (SSSR count). The molecular formula is C13H18BrNO3S. The number of hydrogen-bond donors (Lipinski definition) is 2. The van der Waals surface area contributed by atoms with E-state index in [2.05, 4.69) is 21.2 Å². The molecule has 19 heavy (non-hydrogen) atoms. The van der Waals surface area contributed by atoms with Crippen LogP contribution in [0.5, 0.6) is 0 Å². The molecule has 4 nitrogen and oxygen atoms in total. The predicted molar refractivity (Wildman–Crippen MR) is 79.5 cm³/mol. The Bertz CT molecular complexity index is 458. The zero-order chi connectivity index (χ0) is 14.6. The van der Waals surface area contributed by atoms with Crippen LogP contribution in [0.4, 0.5) is 0 Å². The highest BCUT2D eigenvalue weighted by Crippen LogP contribution is 2.28. The molecule has 0 aromatic carbocycles. The summed E-state index contributed by atoms with van der Waals surface area (Å²) >= 11 is 4.83. The van der Waals surface area contributed by atoms with Crippen LogP contribution in [0.25, 0.3) is 0 Å². The van der Waals surface area contributed by atoms with Crippen LogP contribution in [0.2, 0.25) is 0 Å². The maximum absolute atomic E-state index is 12.1. The van der Waals surface area contributed by atoms with Crippen LogP contribution in [0.15, 0.2) is 15.9 Å². The third-order valence-electron chi connectivity index (χ3n) is 2.74. The second kappa shape index (κ2) is 7.05. The van der Waals surface area contributed by atoms with Gasteiger partial charge in [-0.15, -0.1) is 11.3 Å². The van der Waals surface area contributed by atoms with Gasteiger partial charge in [-0.2, -0.15) is 0 Å². The molecule has 1 heterocycles. The van der Waals surface area contributed by atoms with E-state index >= 15 is 0 Å². The molecule has 0 spiro atoms. The molecule has 0 saturated carbocycles. The van der Waals surface area contributed by atoms with Crippen LogP contribution in [0.3, 0.4) is 0 Å². The van der Waals surface area contributed by atoms with Gasteiger partial charge in [-0.25, -0.2) is 4.79 Å². The second-order valence-corrected chi connectivity index (χ2v) is 7.39. The average molecular weight is 348 g/mol. The van der Waals surface area contributed by atoms with Gasteiger partial charge in [0.1, 0.15) is 6.04 Å². The fraction of sp³-hybridized carbons (Fsp3) is 0.538. The summed E-state index contributed by atoms with van der Waals surface area (Å²) < 4.78 is 0.958. The average Bonchev–Trinajstić information content (AvgIpc) is 2.73. The third kappa shape index (κ3) is 4.95. The fourth-order valence-electron chi connectivity index (χ4n) is 1.68. The van der Waals surface area contributed by atoms with E-state index in [0.717, 1.165) is 8.66 Å². The lowest BCUT2D eigenvalue weighted by Crippen LogP contribution is -2.43. The summed E-state index contributed by atoms with van der Waals surface area (Å²) in [5.41, 5.74) is 0. The lowest BCUT2D eigenvalue weighted by molar-refractivity contribution is -0.142. The van der Waals surface area contributed by atoms with E-state index in [9.17, 15) is 9.59 Å². The van der Waals surface area contributed by atoms with E-state index in [0.29, 0.717) is 6.42 Å². The van der Waals surface area contributed by atoms with Gasteiger partial charge in [-0.1, -0.05) is 13.8 Å². The Morgan fingerprint density at radius 1 is 1.37 bits per heavy atom. The van der Waals surface area contributed by atoms with Gasteiger partial charge >= 0.3 is 5.97 Å². The minimum absolute atomic E-state index is 0.215. The first-order chi connectivity index (χ1) is 8.81. The van der Waals surface area contributed by atoms with E-state index in [1.165, 1.54) is 11.3 Å². The number of hydrogen-bond acceptors (Lipinski definition) is 3. The number of carboxylic acid groups (broad SMARTS) is 1. The number of rotatable bonds is 6. The van der Waals surface area contributed by atoms with Crippen molar-refractivity contribution in [3.8, 4) is 0 Å². The zero-order valence-corrected chi connectivity index (χ0v) is 13.5. The van der Waals surface area contributed by atoms with E-state index < -0.39 is 12.0 Å². The summed E-state index contributed by atoms with van der Waals surface area (Å²) in [6.45, 7) is 5.64. The van der Waals surface area contributed by atoms with Crippen molar-refractivity contribution in [1.82, 2.24) is 5.32 Å². The van der Waals surface area contributed by atoms with Crippen molar-refractivity contribution in [2.45, 2.75) is 39.2 Å². The SMILES string of the molecule is CC(C)CC(NC(=O)C(C)c1ccc(Br)s1)C(=O)O. The molecule has 6 heteroatoms. The molecule has 1 aromatic heterocycles. The van der Waals surface area contributed by atoms with Crippen LogP contribution in [-0.4, -0.2) is 23.0 Å². The number of carbonyl (C=O) groups is 2. The molecule has 2 atom stereocenters. The van der Waals surface area contributed by atoms with Crippen molar-refractivity contribution in [3.63, 3.8) is 0 Å². The summed E-state index contributed by atoms with van der Waals surface area (Å²) in [6.07, 6.45) is 0.432. The van der Waals surface area contributed by atoms with Crippen molar-refractivity contribution < 1.29 is 14.7 Å². The molecule has 2 unspecified atom stereocenters. The van der Waals surface area contributed by atoms with Gasteiger partial charge in [-0.05, 0) is 47.3 Å². The zero-order valence-electron chi connectivity index (χ0n) is 11.1. The lowest BCUT2D eigenvalue weighted by Gasteiger charge is -2.18. The molecule has 1 aromatic rings. The van der Waals surface area contributed by atoms with Crippen molar-refractivity contribution >= 4 is 39.1 Å². The molecule has 1 amide bonds. The molecule has 0 radical (unpaired) electrons. The minimum atomic E-state index is -0.985. The van der Waals surface area contributed by atoms with Gasteiger partial charge in [0.15, 0.2) is 0 Å². The topological polar surface area (TPSA) is 66.4 Å². The number of amides is 1. The second-order valence-electron chi connectivity index (χ2n) is 4.89. The maximum Gasteiger partial charge on any atom is 0.326 e. The largest absolute Gasteiger partial charge is 0.480 e. The fourth-order valence-corrected chi connectivity index (χ4v) is 3.15. The standard InChI is InChI=1S/C13H18BrNO3S/c1-7(2)6-9(13(17)18)15-12(16)8(3)10-4-5-11(14)19-10/h4-5,7-9H,6H2,1-3H3,(H,15,16)(H,17,18). The van der Waals surface area contributed by atoms with Crippen LogP contribution in [-0.2, 0) is 9.59 Å². The van der Waals surface area contributed by atoms with Gasteiger partial charge < -0.3 is 10.4 Å². The normalized spacial score (nSPS) is 14.2. The van der Waals surface area contributed by atoms with E-state index in [1.807, 2.05) is 26.0 Å². The molecule has 0 aliphatic carbocycles. The Balaban J connectivity index is 2.68.